The minimum atomic E-state index is -0.278. The fourth-order valence-electron chi connectivity index (χ4n) is 2.99. The van der Waals surface area contributed by atoms with E-state index in [1.165, 1.54) is 0 Å². The van der Waals surface area contributed by atoms with Gasteiger partial charge in [-0.15, -0.1) is 0 Å². The van der Waals surface area contributed by atoms with Crippen LogP contribution in [0.2, 0.25) is 0 Å². The van der Waals surface area contributed by atoms with Crippen LogP contribution in [0.4, 0.5) is 0 Å². The number of amides is 1. The molecule has 1 aromatic rings. The molecule has 5 heteroatoms. The average molecular weight is 278 g/mol. The number of hydrogen-bond acceptors (Lipinski definition) is 3. The zero-order chi connectivity index (χ0) is 14.7. The van der Waals surface area contributed by atoms with E-state index in [2.05, 4.69) is 24.3 Å². The number of nitrogens with one attached hydrogen (secondary N) is 1. The Morgan fingerprint density at radius 3 is 2.50 bits per heavy atom. The number of carbonyl (C=O) groups excluding carboxylic acids is 1. The maximum absolute atomic E-state index is 12.6. The van der Waals surface area contributed by atoms with Gasteiger partial charge >= 0.3 is 0 Å². The molecule has 2 heterocycles. The standard InChI is InChI=1S/C15H26N4O/c1-11(2)12-5-7-19(8-6-12)15(20)14(16-3)13-9-17-18(4)10-13/h9-12,14,16H,5-8H2,1-4H3. The second-order valence-electron chi connectivity index (χ2n) is 6.08. The quantitative estimate of drug-likeness (QED) is 0.909. The summed E-state index contributed by atoms with van der Waals surface area (Å²) in [4.78, 5) is 14.6. The number of aryl methyl sites for hydroxylation is 1. The highest BCUT2D eigenvalue weighted by molar-refractivity contribution is 5.83. The normalized spacial score (nSPS) is 18.6. The van der Waals surface area contributed by atoms with E-state index in [1.807, 2.05) is 25.2 Å². The van der Waals surface area contributed by atoms with Crippen LogP contribution < -0.4 is 5.32 Å². The molecule has 1 fully saturated rings. The van der Waals surface area contributed by atoms with E-state index in [-0.39, 0.29) is 11.9 Å². The molecule has 0 radical (unpaired) electrons. The van der Waals surface area contributed by atoms with Gasteiger partial charge in [0.25, 0.3) is 0 Å². The van der Waals surface area contributed by atoms with E-state index in [4.69, 9.17) is 0 Å². The first-order valence-corrected chi connectivity index (χ1v) is 7.47. The lowest BCUT2D eigenvalue weighted by Gasteiger charge is -2.35. The van der Waals surface area contributed by atoms with E-state index in [9.17, 15) is 4.79 Å². The molecule has 5 nitrogen and oxygen atoms in total. The lowest BCUT2D eigenvalue weighted by atomic mass is 9.86. The number of piperidine rings is 1. The number of hydrogen-bond donors (Lipinski definition) is 1. The Bertz CT molecular complexity index is 446. The molecule has 1 aromatic heterocycles. The van der Waals surface area contributed by atoms with Crippen LogP contribution in [0, 0.1) is 11.8 Å². The van der Waals surface area contributed by atoms with Crippen LogP contribution in [0.1, 0.15) is 38.3 Å². The van der Waals surface area contributed by atoms with E-state index in [1.54, 1.807) is 10.9 Å². The van der Waals surface area contributed by atoms with Crippen LogP contribution in [0.5, 0.6) is 0 Å². The highest BCUT2D eigenvalue weighted by Crippen LogP contribution is 2.26. The number of likely N-dealkylation sites (N-methyl/N-ethyl adjacent to an activating group) is 1. The summed E-state index contributed by atoms with van der Waals surface area (Å²) in [6, 6.07) is -0.278. The van der Waals surface area contributed by atoms with Gasteiger partial charge in [-0.2, -0.15) is 5.10 Å². The monoisotopic (exact) mass is 278 g/mol. The summed E-state index contributed by atoms with van der Waals surface area (Å²) in [6.45, 7) is 6.29. The molecule has 20 heavy (non-hydrogen) atoms. The van der Waals surface area contributed by atoms with Gasteiger partial charge < -0.3 is 10.2 Å². The molecular weight excluding hydrogens is 252 g/mol. The van der Waals surface area contributed by atoms with Crippen LogP contribution in [-0.2, 0) is 11.8 Å². The van der Waals surface area contributed by atoms with Crippen molar-refractivity contribution < 1.29 is 4.79 Å². The molecule has 1 amide bonds. The third kappa shape index (κ3) is 3.20. The Morgan fingerprint density at radius 2 is 2.05 bits per heavy atom. The van der Waals surface area contributed by atoms with E-state index in [0.29, 0.717) is 5.92 Å². The van der Waals surface area contributed by atoms with Gasteiger partial charge in [0.15, 0.2) is 0 Å². The van der Waals surface area contributed by atoms with Gasteiger partial charge in [-0.25, -0.2) is 0 Å². The van der Waals surface area contributed by atoms with Crippen molar-refractivity contribution in [2.24, 2.45) is 18.9 Å². The smallest absolute Gasteiger partial charge is 0.244 e. The van der Waals surface area contributed by atoms with Crippen molar-refractivity contribution in [1.82, 2.24) is 20.0 Å². The number of aromatic nitrogens is 2. The number of rotatable bonds is 4. The number of carbonyl (C=O) groups is 1. The van der Waals surface area contributed by atoms with Gasteiger partial charge in [0.05, 0.1) is 6.20 Å². The summed E-state index contributed by atoms with van der Waals surface area (Å²) < 4.78 is 1.73. The second-order valence-corrected chi connectivity index (χ2v) is 6.08. The molecule has 0 saturated carbocycles. The highest BCUT2D eigenvalue weighted by atomic mass is 16.2. The maximum atomic E-state index is 12.6. The van der Waals surface area contributed by atoms with Crippen LogP contribution in [-0.4, -0.2) is 40.7 Å². The molecule has 1 N–H and O–H groups in total. The van der Waals surface area contributed by atoms with Crippen molar-refractivity contribution in [3.05, 3.63) is 18.0 Å². The Kier molecular flexibility index (Phi) is 4.81. The largest absolute Gasteiger partial charge is 0.341 e. The second kappa shape index (κ2) is 6.39. The van der Waals surface area contributed by atoms with Gasteiger partial charge in [0.1, 0.15) is 6.04 Å². The summed E-state index contributed by atoms with van der Waals surface area (Å²) in [7, 11) is 3.70. The molecule has 1 saturated heterocycles. The van der Waals surface area contributed by atoms with E-state index in [0.717, 1.165) is 37.4 Å². The Morgan fingerprint density at radius 1 is 1.40 bits per heavy atom. The average Bonchev–Trinajstić information content (AvgIpc) is 2.86. The van der Waals surface area contributed by atoms with Gasteiger partial charge in [-0.3, -0.25) is 9.48 Å². The van der Waals surface area contributed by atoms with Crippen molar-refractivity contribution in [3.8, 4) is 0 Å². The molecule has 0 bridgehead atoms. The van der Waals surface area contributed by atoms with Crippen molar-refractivity contribution in [3.63, 3.8) is 0 Å². The lowest BCUT2D eigenvalue weighted by molar-refractivity contribution is -0.135. The van der Waals surface area contributed by atoms with Crippen LogP contribution in [0.25, 0.3) is 0 Å². The summed E-state index contributed by atoms with van der Waals surface area (Å²) in [5.41, 5.74) is 0.936. The topological polar surface area (TPSA) is 50.2 Å². The fraction of sp³-hybridized carbons (Fsp3) is 0.733. The predicted molar refractivity (Wildman–Crippen MR) is 79.2 cm³/mol. The first kappa shape index (κ1) is 15.0. The number of nitrogens with zero attached hydrogens (tertiary/aromatic N) is 3. The van der Waals surface area contributed by atoms with E-state index >= 15 is 0 Å². The zero-order valence-corrected chi connectivity index (χ0v) is 13.0. The molecule has 2 rings (SSSR count). The van der Waals surface area contributed by atoms with Gasteiger partial charge in [0, 0.05) is 31.9 Å². The molecule has 0 spiro atoms. The molecule has 1 aliphatic rings. The predicted octanol–water partition coefficient (Wildman–Crippen LogP) is 1.58. The van der Waals surface area contributed by atoms with Gasteiger partial charge in [0.2, 0.25) is 5.91 Å². The lowest BCUT2D eigenvalue weighted by Crippen LogP contribution is -2.44. The molecular formula is C15H26N4O. The highest BCUT2D eigenvalue weighted by Gasteiger charge is 2.29. The minimum absolute atomic E-state index is 0.169. The van der Waals surface area contributed by atoms with Crippen molar-refractivity contribution >= 4 is 5.91 Å². The summed E-state index contributed by atoms with van der Waals surface area (Å²) in [6.07, 6.45) is 5.90. The summed E-state index contributed by atoms with van der Waals surface area (Å²) in [5.74, 6) is 1.64. The zero-order valence-electron chi connectivity index (χ0n) is 13.0. The third-order valence-electron chi connectivity index (χ3n) is 4.39. The molecule has 0 aliphatic carbocycles. The van der Waals surface area contributed by atoms with Crippen LogP contribution in [0.3, 0.4) is 0 Å². The Balaban J connectivity index is 2.00. The molecule has 1 atom stereocenters. The summed E-state index contributed by atoms with van der Waals surface area (Å²) >= 11 is 0. The maximum Gasteiger partial charge on any atom is 0.244 e. The molecule has 1 unspecified atom stereocenters. The third-order valence-corrected chi connectivity index (χ3v) is 4.39. The molecule has 1 aliphatic heterocycles. The number of likely N-dealkylation sites (tertiary alicyclic amines) is 1. The summed E-state index contributed by atoms with van der Waals surface area (Å²) in [5, 5.41) is 7.27. The van der Waals surface area contributed by atoms with Crippen LogP contribution in [0.15, 0.2) is 12.4 Å². The molecule has 0 aromatic carbocycles. The fourth-order valence-corrected chi connectivity index (χ4v) is 2.99. The van der Waals surface area contributed by atoms with E-state index < -0.39 is 0 Å². The minimum Gasteiger partial charge on any atom is -0.341 e. The first-order chi connectivity index (χ1) is 9.52. The van der Waals surface area contributed by atoms with Crippen LogP contribution >= 0.6 is 0 Å². The van der Waals surface area contributed by atoms with Gasteiger partial charge in [-0.05, 0) is 31.7 Å². The Labute approximate surface area is 121 Å². The van der Waals surface area contributed by atoms with Crippen molar-refractivity contribution in [1.29, 1.82) is 0 Å². The van der Waals surface area contributed by atoms with Crippen molar-refractivity contribution in [2.75, 3.05) is 20.1 Å². The first-order valence-electron chi connectivity index (χ1n) is 7.47. The Hall–Kier alpha value is -1.36. The molecule has 112 valence electrons. The van der Waals surface area contributed by atoms with Crippen molar-refractivity contribution in [2.45, 2.75) is 32.7 Å². The van der Waals surface area contributed by atoms with Gasteiger partial charge in [-0.1, -0.05) is 13.8 Å². The SMILES string of the molecule is CNC(C(=O)N1CCC(C(C)C)CC1)c1cnn(C)c1.